The van der Waals surface area contributed by atoms with E-state index in [1.807, 2.05) is 18.2 Å². The molecule has 2 heterocycles. The molecule has 2 aromatic carbocycles. The van der Waals surface area contributed by atoms with Crippen molar-refractivity contribution in [2.75, 3.05) is 33.8 Å². The smallest absolute Gasteiger partial charge is 0.226 e. The lowest BCUT2D eigenvalue weighted by molar-refractivity contribution is -0.116. The van der Waals surface area contributed by atoms with Gasteiger partial charge in [0.15, 0.2) is 28.8 Å². The monoisotopic (exact) mass is 478 g/mol. The number of ether oxygens (including phenoxy) is 4. The van der Waals surface area contributed by atoms with Crippen molar-refractivity contribution >= 4 is 11.7 Å². The molecule has 182 valence electrons. The molecular weight excluding hydrogens is 452 g/mol. The molecule has 2 N–H and O–H groups in total. The van der Waals surface area contributed by atoms with Gasteiger partial charge in [-0.25, -0.2) is 4.68 Å². The number of methoxy groups -OCH3 is 4. The van der Waals surface area contributed by atoms with Gasteiger partial charge in [-0.05, 0) is 47.7 Å². The minimum Gasteiger partial charge on any atom is -0.504 e. The highest BCUT2D eigenvalue weighted by Crippen LogP contribution is 2.47. The number of benzene rings is 2. The second kappa shape index (κ2) is 8.86. The number of phenolic OH excluding ortho intramolecular Hbond substituents is 1. The quantitative estimate of drug-likeness (QED) is 0.549. The highest BCUT2D eigenvalue weighted by atomic mass is 16.5. The fourth-order valence-electron chi connectivity index (χ4n) is 4.91. The maximum atomic E-state index is 13.6. The number of rotatable bonds is 6. The fourth-order valence-corrected chi connectivity index (χ4v) is 4.91. The number of Topliss-reactive ketones (excluding diaryl/α,β-unsaturated/α-hetero) is 1. The van der Waals surface area contributed by atoms with Crippen molar-refractivity contribution < 1.29 is 28.8 Å². The topological polar surface area (TPSA) is 117 Å². The van der Waals surface area contributed by atoms with Crippen LogP contribution in [0.5, 0.6) is 28.7 Å². The van der Waals surface area contributed by atoms with Gasteiger partial charge in [-0.3, -0.25) is 4.79 Å². The lowest BCUT2D eigenvalue weighted by atomic mass is 9.77. The van der Waals surface area contributed by atoms with E-state index in [9.17, 15) is 9.90 Å². The molecule has 0 amide bonds. The van der Waals surface area contributed by atoms with E-state index in [-0.39, 0.29) is 17.5 Å². The molecule has 0 saturated carbocycles. The van der Waals surface area contributed by atoms with Gasteiger partial charge in [-0.15, -0.1) is 0 Å². The molecular formula is C25H26N4O6. The van der Waals surface area contributed by atoms with E-state index in [2.05, 4.69) is 15.4 Å². The molecule has 2 aliphatic rings. The van der Waals surface area contributed by atoms with Crippen LogP contribution >= 0.6 is 0 Å². The maximum Gasteiger partial charge on any atom is 0.226 e. The van der Waals surface area contributed by atoms with Crippen LogP contribution in [-0.2, 0) is 4.79 Å². The number of aromatic hydroxyl groups is 1. The SMILES string of the molecule is COc1ccc([C@H]2C3=C(C[C@@H](c4cc(OC)c(OC)c(OC)c4)CC3=O)Nc3ncnn32)cc1O. The highest BCUT2D eigenvalue weighted by Gasteiger charge is 2.40. The van der Waals surface area contributed by atoms with Gasteiger partial charge in [-0.2, -0.15) is 10.1 Å². The van der Waals surface area contributed by atoms with E-state index in [0.717, 1.165) is 11.3 Å². The molecule has 10 heteroatoms. The summed E-state index contributed by atoms with van der Waals surface area (Å²) in [4.78, 5) is 18.0. The van der Waals surface area contributed by atoms with Crippen molar-refractivity contribution in [2.45, 2.75) is 24.8 Å². The lowest BCUT2D eigenvalue weighted by Crippen LogP contribution is -2.33. The average Bonchev–Trinajstić information content (AvgIpc) is 3.34. The molecule has 1 aliphatic heterocycles. The number of carbonyl (C=O) groups is 1. The van der Waals surface area contributed by atoms with E-state index in [1.165, 1.54) is 13.4 Å². The van der Waals surface area contributed by atoms with Gasteiger partial charge in [0.1, 0.15) is 12.4 Å². The third-order valence-corrected chi connectivity index (χ3v) is 6.54. The van der Waals surface area contributed by atoms with Gasteiger partial charge in [-0.1, -0.05) is 6.07 Å². The molecule has 10 nitrogen and oxygen atoms in total. The molecule has 1 aliphatic carbocycles. The molecule has 0 radical (unpaired) electrons. The van der Waals surface area contributed by atoms with Crippen molar-refractivity contribution in [1.82, 2.24) is 14.8 Å². The van der Waals surface area contributed by atoms with E-state index in [0.29, 0.717) is 52.9 Å². The Kier molecular flexibility index (Phi) is 5.72. The standard InChI is InChI=1S/C25H26N4O6/c1-32-19-6-5-13(8-17(19)30)23-22-16(28-25-26-12-27-29(23)25)7-14(9-18(22)31)15-10-20(33-2)24(35-4)21(11-15)34-3/h5-6,8,10-12,14,23,30H,7,9H2,1-4H3,(H,26,27,28)/t14-,23+/m1/s1. The van der Waals surface area contributed by atoms with E-state index in [1.54, 1.807) is 38.1 Å². The largest absolute Gasteiger partial charge is 0.504 e. The first-order valence-electron chi connectivity index (χ1n) is 11.1. The first-order chi connectivity index (χ1) is 17.0. The molecule has 0 spiro atoms. The zero-order valence-corrected chi connectivity index (χ0v) is 19.9. The number of hydrogen-bond acceptors (Lipinski definition) is 9. The number of nitrogens with zero attached hydrogens (tertiary/aromatic N) is 3. The minimum atomic E-state index is -0.519. The number of nitrogens with one attached hydrogen (secondary N) is 1. The van der Waals surface area contributed by atoms with Crippen LogP contribution in [0.2, 0.25) is 0 Å². The van der Waals surface area contributed by atoms with E-state index < -0.39 is 6.04 Å². The van der Waals surface area contributed by atoms with Gasteiger partial charge in [0.05, 0.1) is 28.4 Å². The number of fused-ring (bicyclic) bond motifs is 1. The van der Waals surface area contributed by atoms with Crippen LogP contribution in [0.15, 0.2) is 47.9 Å². The van der Waals surface area contributed by atoms with Crippen molar-refractivity contribution in [2.24, 2.45) is 0 Å². The molecule has 3 aromatic rings. The summed E-state index contributed by atoms with van der Waals surface area (Å²) < 4.78 is 23.3. The summed E-state index contributed by atoms with van der Waals surface area (Å²) in [6.45, 7) is 0. The van der Waals surface area contributed by atoms with E-state index in [4.69, 9.17) is 18.9 Å². The Morgan fingerprint density at radius 2 is 1.66 bits per heavy atom. The summed E-state index contributed by atoms with van der Waals surface area (Å²) in [6.07, 6.45) is 2.31. The summed E-state index contributed by atoms with van der Waals surface area (Å²) in [7, 11) is 6.18. The summed E-state index contributed by atoms with van der Waals surface area (Å²) in [6, 6.07) is 8.35. The van der Waals surface area contributed by atoms with Crippen LogP contribution < -0.4 is 24.3 Å². The van der Waals surface area contributed by atoms with Crippen LogP contribution in [-0.4, -0.2) is 54.1 Å². The molecule has 1 aromatic heterocycles. The average molecular weight is 479 g/mol. The normalized spacial score (nSPS) is 18.9. The van der Waals surface area contributed by atoms with Crippen LogP contribution in [0.3, 0.4) is 0 Å². The maximum absolute atomic E-state index is 13.6. The number of anilines is 1. The predicted molar refractivity (Wildman–Crippen MR) is 127 cm³/mol. The molecule has 0 bridgehead atoms. The Bertz CT molecular complexity index is 1310. The Balaban J connectivity index is 1.57. The minimum absolute atomic E-state index is 0.00842. The van der Waals surface area contributed by atoms with Crippen molar-refractivity contribution in [3.63, 3.8) is 0 Å². The van der Waals surface area contributed by atoms with Crippen molar-refractivity contribution in [1.29, 1.82) is 0 Å². The first-order valence-corrected chi connectivity index (χ1v) is 11.1. The molecule has 0 unspecified atom stereocenters. The number of ketones is 1. The van der Waals surface area contributed by atoms with Crippen LogP contribution in [0, 0.1) is 0 Å². The van der Waals surface area contributed by atoms with E-state index >= 15 is 0 Å². The second-order valence-electron chi connectivity index (χ2n) is 8.37. The van der Waals surface area contributed by atoms with Gasteiger partial charge in [0, 0.05) is 17.7 Å². The second-order valence-corrected chi connectivity index (χ2v) is 8.37. The first kappa shape index (κ1) is 22.6. The fraction of sp³-hybridized carbons (Fsp3) is 0.320. The van der Waals surface area contributed by atoms with Crippen LogP contribution in [0.4, 0.5) is 5.95 Å². The Morgan fingerprint density at radius 1 is 0.943 bits per heavy atom. The zero-order chi connectivity index (χ0) is 24.7. The molecule has 2 atom stereocenters. The predicted octanol–water partition coefficient (Wildman–Crippen LogP) is 3.43. The third-order valence-electron chi connectivity index (χ3n) is 6.54. The summed E-state index contributed by atoms with van der Waals surface area (Å²) in [5, 5.41) is 18.0. The van der Waals surface area contributed by atoms with Gasteiger partial charge in [0.25, 0.3) is 0 Å². The molecule has 5 rings (SSSR count). The number of allylic oxidation sites excluding steroid dienone is 2. The summed E-state index contributed by atoms with van der Waals surface area (Å²) >= 11 is 0. The number of phenols is 1. The number of carbonyl (C=O) groups excluding carboxylic acids is 1. The molecule has 0 fully saturated rings. The Labute approximate surface area is 202 Å². The third kappa shape index (κ3) is 3.71. The van der Waals surface area contributed by atoms with Crippen LogP contribution in [0.1, 0.15) is 35.9 Å². The Hall–Kier alpha value is -4.21. The zero-order valence-electron chi connectivity index (χ0n) is 19.9. The van der Waals surface area contributed by atoms with Gasteiger partial charge < -0.3 is 29.4 Å². The highest BCUT2D eigenvalue weighted by molar-refractivity contribution is 6.00. The van der Waals surface area contributed by atoms with Gasteiger partial charge in [0.2, 0.25) is 11.7 Å². The summed E-state index contributed by atoms with van der Waals surface area (Å²) in [5.74, 6) is 2.33. The van der Waals surface area contributed by atoms with Gasteiger partial charge >= 0.3 is 0 Å². The summed E-state index contributed by atoms with van der Waals surface area (Å²) in [5.41, 5.74) is 3.01. The van der Waals surface area contributed by atoms with Crippen molar-refractivity contribution in [3.8, 4) is 28.7 Å². The molecule has 0 saturated heterocycles. The number of aromatic nitrogens is 3. The van der Waals surface area contributed by atoms with Crippen LogP contribution in [0.25, 0.3) is 0 Å². The molecule has 35 heavy (non-hydrogen) atoms. The number of hydrogen-bond donors (Lipinski definition) is 2. The van der Waals surface area contributed by atoms with Crippen molar-refractivity contribution in [3.05, 3.63) is 59.1 Å². The lowest BCUT2D eigenvalue weighted by Gasteiger charge is -2.35. The Morgan fingerprint density at radius 3 is 2.29 bits per heavy atom.